The Morgan fingerprint density at radius 1 is 1.12 bits per heavy atom. The van der Waals surface area contributed by atoms with Crippen LogP contribution < -0.4 is 4.74 Å². The lowest BCUT2D eigenvalue weighted by atomic mass is 10.2. The van der Waals surface area contributed by atoms with E-state index in [4.69, 9.17) is 9.84 Å². The minimum absolute atomic E-state index is 0.163. The first-order chi connectivity index (χ1) is 8.20. The van der Waals surface area contributed by atoms with E-state index in [2.05, 4.69) is 0 Å². The summed E-state index contributed by atoms with van der Waals surface area (Å²) in [4.78, 5) is 0. The second-order valence-corrected chi connectivity index (χ2v) is 3.79. The van der Waals surface area contributed by atoms with E-state index < -0.39 is 5.82 Å². The van der Waals surface area contributed by atoms with Crippen molar-refractivity contribution in [2.45, 2.75) is 13.5 Å². The Morgan fingerprint density at radius 2 is 1.88 bits per heavy atom. The van der Waals surface area contributed by atoms with Gasteiger partial charge in [0.05, 0.1) is 6.61 Å². The molecule has 2 rings (SSSR count). The van der Waals surface area contributed by atoms with Crippen LogP contribution in [0.15, 0.2) is 42.5 Å². The molecule has 2 aromatic carbocycles. The first-order valence-electron chi connectivity index (χ1n) is 5.33. The molecular formula is C14H13FO2. The van der Waals surface area contributed by atoms with Crippen molar-refractivity contribution in [3.8, 4) is 11.5 Å². The first-order valence-corrected chi connectivity index (χ1v) is 5.33. The summed E-state index contributed by atoms with van der Waals surface area (Å²) in [5, 5.41) is 8.88. The van der Waals surface area contributed by atoms with Crippen molar-refractivity contribution in [2.24, 2.45) is 0 Å². The Balaban J connectivity index is 2.28. The van der Waals surface area contributed by atoms with Crippen LogP contribution in [0.3, 0.4) is 0 Å². The molecule has 0 aliphatic rings. The largest absolute Gasteiger partial charge is 0.454 e. The average Bonchev–Trinajstić information content (AvgIpc) is 2.34. The summed E-state index contributed by atoms with van der Waals surface area (Å²) in [6.45, 7) is 1.72. The zero-order valence-corrected chi connectivity index (χ0v) is 9.48. The quantitative estimate of drug-likeness (QED) is 0.878. The van der Waals surface area contributed by atoms with Crippen LogP contribution in [0.5, 0.6) is 11.5 Å². The molecule has 0 saturated heterocycles. The molecule has 0 heterocycles. The molecule has 2 aromatic rings. The molecule has 17 heavy (non-hydrogen) atoms. The lowest BCUT2D eigenvalue weighted by molar-refractivity contribution is 0.281. The van der Waals surface area contributed by atoms with Crippen molar-refractivity contribution in [3.63, 3.8) is 0 Å². The van der Waals surface area contributed by atoms with E-state index in [0.717, 1.165) is 5.56 Å². The SMILES string of the molecule is Cc1ccccc1Oc1ccc(CO)cc1F. The molecule has 2 nitrogen and oxygen atoms in total. The van der Waals surface area contributed by atoms with Gasteiger partial charge in [-0.1, -0.05) is 24.3 Å². The monoisotopic (exact) mass is 232 g/mol. The molecule has 0 aromatic heterocycles. The third-order valence-electron chi connectivity index (χ3n) is 2.49. The van der Waals surface area contributed by atoms with Crippen molar-refractivity contribution in [2.75, 3.05) is 0 Å². The van der Waals surface area contributed by atoms with Gasteiger partial charge in [-0.2, -0.15) is 0 Å². The van der Waals surface area contributed by atoms with Gasteiger partial charge in [0.15, 0.2) is 11.6 Å². The fraction of sp³-hybridized carbons (Fsp3) is 0.143. The number of aliphatic hydroxyl groups is 1. The van der Waals surface area contributed by atoms with Gasteiger partial charge in [0.25, 0.3) is 0 Å². The molecule has 0 fully saturated rings. The second-order valence-electron chi connectivity index (χ2n) is 3.79. The standard InChI is InChI=1S/C14H13FO2/c1-10-4-2-3-5-13(10)17-14-7-6-11(9-16)8-12(14)15/h2-8,16H,9H2,1H3. The third-order valence-corrected chi connectivity index (χ3v) is 2.49. The van der Waals surface area contributed by atoms with Crippen molar-refractivity contribution in [3.05, 3.63) is 59.4 Å². The van der Waals surface area contributed by atoms with Gasteiger partial charge >= 0.3 is 0 Å². The van der Waals surface area contributed by atoms with Gasteiger partial charge in [-0.3, -0.25) is 0 Å². The number of aryl methyl sites for hydroxylation is 1. The van der Waals surface area contributed by atoms with Gasteiger partial charge in [-0.05, 0) is 36.2 Å². The maximum atomic E-state index is 13.6. The lowest BCUT2D eigenvalue weighted by Crippen LogP contribution is -1.92. The highest BCUT2D eigenvalue weighted by Crippen LogP contribution is 2.27. The molecule has 0 atom stereocenters. The lowest BCUT2D eigenvalue weighted by Gasteiger charge is -2.09. The van der Waals surface area contributed by atoms with Crippen LogP contribution in [0.25, 0.3) is 0 Å². The van der Waals surface area contributed by atoms with Crippen LogP contribution in [-0.2, 0) is 6.61 Å². The summed E-state index contributed by atoms with van der Waals surface area (Å²) < 4.78 is 19.1. The minimum atomic E-state index is -0.472. The molecule has 0 aliphatic carbocycles. The predicted octanol–water partition coefficient (Wildman–Crippen LogP) is 3.42. The van der Waals surface area contributed by atoms with Crippen LogP contribution >= 0.6 is 0 Å². The summed E-state index contributed by atoms with van der Waals surface area (Å²) in [6, 6.07) is 11.8. The second kappa shape index (κ2) is 4.97. The molecule has 0 bridgehead atoms. The number of hydrogen-bond donors (Lipinski definition) is 1. The van der Waals surface area contributed by atoms with E-state index in [1.165, 1.54) is 12.1 Å². The first kappa shape index (κ1) is 11.6. The van der Waals surface area contributed by atoms with Crippen LogP contribution in [0.2, 0.25) is 0 Å². The van der Waals surface area contributed by atoms with Gasteiger partial charge in [-0.25, -0.2) is 4.39 Å². The smallest absolute Gasteiger partial charge is 0.166 e. The number of ether oxygens (including phenoxy) is 1. The van der Waals surface area contributed by atoms with Gasteiger partial charge < -0.3 is 9.84 Å². The average molecular weight is 232 g/mol. The number of hydrogen-bond acceptors (Lipinski definition) is 2. The van der Waals surface area contributed by atoms with E-state index in [0.29, 0.717) is 11.3 Å². The molecule has 3 heteroatoms. The molecule has 0 radical (unpaired) electrons. The van der Waals surface area contributed by atoms with E-state index in [1.807, 2.05) is 25.1 Å². The summed E-state index contributed by atoms with van der Waals surface area (Å²) in [5.74, 6) is 0.319. The van der Waals surface area contributed by atoms with E-state index in [9.17, 15) is 4.39 Å². The summed E-state index contributed by atoms with van der Waals surface area (Å²) in [5.41, 5.74) is 1.47. The summed E-state index contributed by atoms with van der Waals surface area (Å²) in [7, 11) is 0. The normalized spacial score (nSPS) is 10.3. The van der Waals surface area contributed by atoms with Gasteiger partial charge in [0, 0.05) is 0 Å². The van der Waals surface area contributed by atoms with Gasteiger partial charge in [-0.15, -0.1) is 0 Å². The van der Waals surface area contributed by atoms with Crippen molar-refractivity contribution < 1.29 is 14.2 Å². The molecule has 0 aliphatic heterocycles. The van der Waals surface area contributed by atoms with Crippen molar-refractivity contribution in [1.82, 2.24) is 0 Å². The number of aliphatic hydroxyl groups excluding tert-OH is 1. The number of halogens is 1. The number of benzene rings is 2. The highest BCUT2D eigenvalue weighted by atomic mass is 19.1. The van der Waals surface area contributed by atoms with E-state index in [1.54, 1.807) is 12.1 Å². The van der Waals surface area contributed by atoms with Crippen molar-refractivity contribution in [1.29, 1.82) is 0 Å². The summed E-state index contributed by atoms with van der Waals surface area (Å²) in [6.07, 6.45) is 0. The molecular weight excluding hydrogens is 219 g/mol. The highest BCUT2D eigenvalue weighted by molar-refractivity contribution is 5.38. The Hall–Kier alpha value is -1.87. The van der Waals surface area contributed by atoms with Gasteiger partial charge in [0.2, 0.25) is 0 Å². The Morgan fingerprint density at radius 3 is 2.53 bits per heavy atom. The maximum Gasteiger partial charge on any atom is 0.166 e. The van der Waals surface area contributed by atoms with Crippen molar-refractivity contribution >= 4 is 0 Å². The molecule has 0 amide bonds. The zero-order chi connectivity index (χ0) is 12.3. The maximum absolute atomic E-state index is 13.6. The molecule has 88 valence electrons. The highest BCUT2D eigenvalue weighted by Gasteiger charge is 2.07. The van der Waals surface area contributed by atoms with E-state index >= 15 is 0 Å². The molecule has 0 unspecified atom stereocenters. The topological polar surface area (TPSA) is 29.5 Å². The third kappa shape index (κ3) is 2.63. The fourth-order valence-electron chi connectivity index (χ4n) is 1.51. The number of rotatable bonds is 3. The Labute approximate surface area is 99.3 Å². The Bertz CT molecular complexity index is 523. The van der Waals surface area contributed by atoms with Gasteiger partial charge in [0.1, 0.15) is 5.75 Å². The van der Waals surface area contributed by atoms with Crippen LogP contribution in [-0.4, -0.2) is 5.11 Å². The fourth-order valence-corrected chi connectivity index (χ4v) is 1.51. The van der Waals surface area contributed by atoms with E-state index in [-0.39, 0.29) is 12.4 Å². The molecule has 0 saturated carbocycles. The predicted molar refractivity (Wildman–Crippen MR) is 63.6 cm³/mol. The zero-order valence-electron chi connectivity index (χ0n) is 9.48. The van der Waals surface area contributed by atoms with Crippen LogP contribution in [0.4, 0.5) is 4.39 Å². The molecule has 0 spiro atoms. The van der Waals surface area contributed by atoms with Crippen LogP contribution in [0, 0.1) is 12.7 Å². The molecule has 1 N–H and O–H groups in total. The van der Waals surface area contributed by atoms with Crippen LogP contribution in [0.1, 0.15) is 11.1 Å². The minimum Gasteiger partial charge on any atom is -0.454 e. The Kier molecular flexibility index (Phi) is 3.40. The summed E-state index contributed by atoms with van der Waals surface area (Å²) >= 11 is 0. The number of para-hydroxylation sites is 1.